The number of aromatic nitrogens is 1. The van der Waals surface area contributed by atoms with E-state index in [0.717, 1.165) is 24.3 Å². The molecule has 0 aliphatic heterocycles. The van der Waals surface area contributed by atoms with Crippen molar-refractivity contribution < 1.29 is 9.90 Å². The molecule has 0 saturated heterocycles. The van der Waals surface area contributed by atoms with E-state index in [1.807, 2.05) is 13.8 Å². The SMILES string of the molecule is CC(C)C(CCO)NC(=O)NCCc1nc2c(s1)CCCC2. The molecule has 124 valence electrons. The van der Waals surface area contributed by atoms with Crippen LogP contribution in [0.15, 0.2) is 0 Å². The largest absolute Gasteiger partial charge is 0.396 e. The number of aliphatic hydroxyl groups is 1. The Labute approximate surface area is 136 Å². The number of rotatable bonds is 7. The first kappa shape index (κ1) is 17.2. The van der Waals surface area contributed by atoms with Crippen LogP contribution in [0.25, 0.3) is 0 Å². The zero-order valence-electron chi connectivity index (χ0n) is 13.5. The molecule has 0 radical (unpaired) electrons. The third kappa shape index (κ3) is 4.95. The minimum Gasteiger partial charge on any atom is -0.396 e. The summed E-state index contributed by atoms with van der Waals surface area (Å²) in [6.07, 6.45) is 6.17. The normalized spacial score (nSPS) is 15.5. The highest BCUT2D eigenvalue weighted by atomic mass is 32.1. The van der Waals surface area contributed by atoms with Crippen molar-refractivity contribution in [1.82, 2.24) is 15.6 Å². The van der Waals surface area contributed by atoms with E-state index < -0.39 is 0 Å². The topological polar surface area (TPSA) is 74.2 Å². The predicted molar refractivity (Wildman–Crippen MR) is 89.3 cm³/mol. The van der Waals surface area contributed by atoms with Crippen molar-refractivity contribution in [1.29, 1.82) is 0 Å². The van der Waals surface area contributed by atoms with Gasteiger partial charge in [0.05, 0.1) is 10.7 Å². The quantitative estimate of drug-likeness (QED) is 0.720. The van der Waals surface area contributed by atoms with Crippen molar-refractivity contribution in [3.63, 3.8) is 0 Å². The van der Waals surface area contributed by atoms with E-state index in [-0.39, 0.29) is 18.7 Å². The minimum atomic E-state index is -0.159. The van der Waals surface area contributed by atoms with Crippen molar-refractivity contribution in [3.8, 4) is 0 Å². The number of amides is 2. The van der Waals surface area contributed by atoms with Gasteiger partial charge in [0, 0.05) is 30.5 Å². The average Bonchev–Trinajstić information content (AvgIpc) is 2.89. The van der Waals surface area contributed by atoms with E-state index in [9.17, 15) is 4.79 Å². The van der Waals surface area contributed by atoms with Crippen molar-refractivity contribution in [2.24, 2.45) is 5.92 Å². The average molecular weight is 325 g/mol. The maximum atomic E-state index is 11.9. The summed E-state index contributed by atoms with van der Waals surface area (Å²) in [5.41, 5.74) is 1.28. The fourth-order valence-corrected chi connectivity index (χ4v) is 3.88. The lowest BCUT2D eigenvalue weighted by Crippen LogP contribution is -2.45. The molecule has 1 atom stereocenters. The van der Waals surface area contributed by atoms with E-state index >= 15 is 0 Å². The van der Waals surface area contributed by atoms with Gasteiger partial charge in [-0.05, 0) is 38.0 Å². The maximum Gasteiger partial charge on any atom is 0.315 e. The fourth-order valence-electron chi connectivity index (χ4n) is 2.73. The number of aliphatic hydroxyl groups excluding tert-OH is 1. The molecule has 0 fully saturated rings. The van der Waals surface area contributed by atoms with Gasteiger partial charge in [-0.25, -0.2) is 9.78 Å². The van der Waals surface area contributed by atoms with Crippen molar-refractivity contribution in [3.05, 3.63) is 15.6 Å². The van der Waals surface area contributed by atoms with E-state index in [1.165, 1.54) is 23.4 Å². The summed E-state index contributed by atoms with van der Waals surface area (Å²) < 4.78 is 0. The summed E-state index contributed by atoms with van der Waals surface area (Å²) in [6.45, 7) is 4.78. The highest BCUT2D eigenvalue weighted by Gasteiger charge is 2.16. The number of urea groups is 1. The van der Waals surface area contributed by atoms with Gasteiger partial charge in [0.2, 0.25) is 0 Å². The van der Waals surface area contributed by atoms with Gasteiger partial charge in [-0.1, -0.05) is 13.8 Å². The number of nitrogens with zero attached hydrogens (tertiary/aromatic N) is 1. The molecule has 1 aliphatic carbocycles. The molecule has 0 spiro atoms. The van der Waals surface area contributed by atoms with E-state index in [4.69, 9.17) is 5.11 Å². The van der Waals surface area contributed by atoms with Crippen LogP contribution in [-0.4, -0.2) is 35.3 Å². The molecule has 2 amide bonds. The summed E-state index contributed by atoms with van der Waals surface area (Å²) in [4.78, 5) is 18.0. The Bertz CT molecular complexity index is 464. The third-order valence-corrected chi connectivity index (χ3v) is 5.29. The number of aryl methyl sites for hydroxylation is 2. The molecule has 1 aliphatic rings. The van der Waals surface area contributed by atoms with E-state index in [1.54, 1.807) is 11.3 Å². The molecular weight excluding hydrogens is 298 g/mol. The van der Waals surface area contributed by atoms with Gasteiger partial charge in [0.25, 0.3) is 0 Å². The van der Waals surface area contributed by atoms with Gasteiger partial charge in [0.15, 0.2) is 0 Å². The smallest absolute Gasteiger partial charge is 0.315 e. The molecule has 1 aromatic rings. The molecule has 1 heterocycles. The first-order valence-corrected chi connectivity index (χ1v) is 9.04. The van der Waals surface area contributed by atoms with Crippen LogP contribution < -0.4 is 10.6 Å². The summed E-state index contributed by atoms with van der Waals surface area (Å²) in [7, 11) is 0. The monoisotopic (exact) mass is 325 g/mol. The Kier molecular flexibility index (Phi) is 6.64. The number of carbonyl (C=O) groups excluding carboxylic acids is 1. The van der Waals surface area contributed by atoms with Crippen LogP contribution in [0.1, 0.15) is 48.7 Å². The molecule has 3 N–H and O–H groups in total. The van der Waals surface area contributed by atoms with Crippen LogP contribution in [-0.2, 0) is 19.3 Å². The lowest BCUT2D eigenvalue weighted by molar-refractivity contribution is 0.219. The molecule has 0 bridgehead atoms. The van der Waals surface area contributed by atoms with Gasteiger partial charge >= 0.3 is 6.03 Å². The second-order valence-electron chi connectivity index (χ2n) is 6.20. The molecule has 1 unspecified atom stereocenters. The van der Waals surface area contributed by atoms with Crippen LogP contribution in [0.2, 0.25) is 0 Å². The second-order valence-corrected chi connectivity index (χ2v) is 7.37. The summed E-state index contributed by atoms with van der Waals surface area (Å²) in [5, 5.41) is 16.0. The second kappa shape index (κ2) is 8.48. The highest BCUT2D eigenvalue weighted by Crippen LogP contribution is 2.26. The lowest BCUT2D eigenvalue weighted by atomic mass is 10.0. The molecule has 6 heteroatoms. The summed E-state index contributed by atoms with van der Waals surface area (Å²) in [5.74, 6) is 0.309. The number of hydrogen-bond acceptors (Lipinski definition) is 4. The molecule has 1 aromatic heterocycles. The number of thiazole rings is 1. The van der Waals surface area contributed by atoms with Gasteiger partial charge < -0.3 is 15.7 Å². The predicted octanol–water partition coefficient (Wildman–Crippen LogP) is 2.27. The summed E-state index contributed by atoms with van der Waals surface area (Å²) >= 11 is 1.80. The Morgan fingerprint density at radius 1 is 1.36 bits per heavy atom. The standard InChI is InChI=1S/C16H27N3O2S/c1-11(2)12(8-10-20)19-16(21)17-9-7-15-18-13-5-3-4-6-14(13)22-15/h11-12,20H,3-10H2,1-2H3,(H2,17,19,21). The number of fused-ring (bicyclic) bond motifs is 1. The Hall–Kier alpha value is -1.14. The number of carbonyl (C=O) groups is 1. The van der Waals surface area contributed by atoms with Crippen LogP contribution in [0.4, 0.5) is 4.79 Å². The minimum absolute atomic E-state index is 0.0113. The Morgan fingerprint density at radius 2 is 2.14 bits per heavy atom. The molecule has 2 rings (SSSR count). The van der Waals surface area contributed by atoms with Crippen LogP contribution in [0, 0.1) is 5.92 Å². The van der Waals surface area contributed by atoms with Crippen LogP contribution in [0.5, 0.6) is 0 Å². The summed E-state index contributed by atoms with van der Waals surface area (Å²) in [6, 6.07) is -0.148. The molecule has 22 heavy (non-hydrogen) atoms. The zero-order chi connectivity index (χ0) is 15.9. The van der Waals surface area contributed by atoms with E-state index in [2.05, 4.69) is 15.6 Å². The number of hydrogen-bond donors (Lipinski definition) is 3. The fraction of sp³-hybridized carbons (Fsp3) is 0.750. The van der Waals surface area contributed by atoms with Crippen molar-refractivity contribution in [2.45, 2.75) is 58.4 Å². The lowest BCUT2D eigenvalue weighted by Gasteiger charge is -2.21. The van der Waals surface area contributed by atoms with Gasteiger partial charge in [-0.3, -0.25) is 0 Å². The molecule has 0 aromatic carbocycles. The van der Waals surface area contributed by atoms with Crippen molar-refractivity contribution >= 4 is 17.4 Å². The maximum absolute atomic E-state index is 11.9. The Morgan fingerprint density at radius 3 is 2.82 bits per heavy atom. The van der Waals surface area contributed by atoms with Gasteiger partial charge in [-0.2, -0.15) is 0 Å². The molecule has 5 nitrogen and oxygen atoms in total. The molecular formula is C16H27N3O2S. The first-order valence-electron chi connectivity index (χ1n) is 8.22. The number of nitrogens with one attached hydrogen (secondary N) is 2. The van der Waals surface area contributed by atoms with Crippen LogP contribution in [0.3, 0.4) is 0 Å². The van der Waals surface area contributed by atoms with Gasteiger partial charge in [0.1, 0.15) is 0 Å². The van der Waals surface area contributed by atoms with Crippen molar-refractivity contribution in [2.75, 3.05) is 13.2 Å². The Balaban J connectivity index is 1.73. The zero-order valence-corrected chi connectivity index (χ0v) is 14.3. The highest BCUT2D eigenvalue weighted by molar-refractivity contribution is 7.11. The van der Waals surface area contributed by atoms with Gasteiger partial charge in [-0.15, -0.1) is 11.3 Å². The molecule has 0 saturated carbocycles. The first-order chi connectivity index (χ1) is 10.6. The third-order valence-electron chi connectivity index (χ3n) is 4.08. The van der Waals surface area contributed by atoms with Crippen LogP contribution >= 0.6 is 11.3 Å². The van der Waals surface area contributed by atoms with E-state index in [0.29, 0.717) is 18.9 Å².